The molecule has 4 rings (SSSR count). The lowest BCUT2D eigenvalue weighted by Gasteiger charge is -2.49. The van der Waals surface area contributed by atoms with E-state index in [0.717, 1.165) is 17.8 Å². The van der Waals surface area contributed by atoms with Crippen LogP contribution in [0.5, 0.6) is 0 Å². The van der Waals surface area contributed by atoms with Crippen molar-refractivity contribution >= 4 is 0 Å². The van der Waals surface area contributed by atoms with Gasteiger partial charge in [-0.15, -0.1) is 11.8 Å². The molecule has 3 saturated carbocycles. The molecule has 0 aromatic carbocycles. The van der Waals surface area contributed by atoms with Gasteiger partial charge in [-0.2, -0.15) is 0 Å². The Balaban J connectivity index is 1.61. The second kappa shape index (κ2) is 5.19. The van der Waals surface area contributed by atoms with Gasteiger partial charge in [0.2, 0.25) is 0 Å². The first-order valence-corrected chi connectivity index (χ1v) is 9.35. The lowest BCUT2D eigenvalue weighted by molar-refractivity contribution is 0.105. The van der Waals surface area contributed by atoms with Crippen LogP contribution in [0.4, 0.5) is 0 Å². The Morgan fingerprint density at radius 1 is 1.00 bits per heavy atom. The van der Waals surface area contributed by atoms with Crippen molar-refractivity contribution in [2.75, 3.05) is 0 Å². The molecule has 0 spiro atoms. The summed E-state index contributed by atoms with van der Waals surface area (Å²) in [5, 5.41) is 0. The largest absolute Gasteiger partial charge is 0.106 e. The molecule has 0 aliphatic heterocycles. The van der Waals surface area contributed by atoms with Crippen LogP contribution >= 0.6 is 0 Å². The van der Waals surface area contributed by atoms with Gasteiger partial charge in [-0.1, -0.05) is 24.5 Å². The Morgan fingerprint density at radius 2 is 1.90 bits per heavy atom. The predicted octanol–water partition coefficient (Wildman–Crippen LogP) is 5.73. The molecule has 0 amide bonds. The number of hydrogen-bond donors (Lipinski definition) is 0. The quantitative estimate of drug-likeness (QED) is 0.393. The van der Waals surface area contributed by atoms with E-state index in [1.54, 1.807) is 0 Å². The van der Waals surface area contributed by atoms with Crippen LogP contribution in [-0.4, -0.2) is 0 Å². The third-order valence-electron chi connectivity index (χ3n) is 7.47. The fourth-order valence-corrected chi connectivity index (χ4v) is 6.45. The average molecular weight is 282 g/mol. The molecule has 4 aliphatic carbocycles. The summed E-state index contributed by atoms with van der Waals surface area (Å²) in [5.74, 6) is 10.2. The molecule has 0 heteroatoms. The second-order valence-electron chi connectivity index (χ2n) is 8.45. The zero-order chi connectivity index (χ0) is 14.4. The summed E-state index contributed by atoms with van der Waals surface area (Å²) in [7, 11) is 0. The van der Waals surface area contributed by atoms with Gasteiger partial charge in [0.1, 0.15) is 0 Å². The van der Waals surface area contributed by atoms with Gasteiger partial charge in [0.05, 0.1) is 0 Å². The number of fused-ring (bicyclic) bond motifs is 4. The van der Waals surface area contributed by atoms with Crippen LogP contribution in [0.3, 0.4) is 0 Å². The van der Waals surface area contributed by atoms with Crippen molar-refractivity contribution in [2.45, 2.75) is 78.1 Å². The molecule has 0 bridgehead atoms. The van der Waals surface area contributed by atoms with Gasteiger partial charge in [-0.3, -0.25) is 0 Å². The molecule has 3 fully saturated rings. The molecule has 114 valence electrons. The number of allylic oxidation sites excluding steroid dienone is 2. The van der Waals surface area contributed by atoms with Gasteiger partial charge >= 0.3 is 0 Å². The van der Waals surface area contributed by atoms with Crippen LogP contribution in [0.25, 0.3) is 0 Å². The van der Waals surface area contributed by atoms with Gasteiger partial charge in [0.15, 0.2) is 0 Å². The maximum Gasteiger partial charge on any atom is 0.0211 e. The van der Waals surface area contributed by atoms with Crippen LogP contribution in [0.1, 0.15) is 78.1 Å². The van der Waals surface area contributed by atoms with Crippen LogP contribution in [-0.2, 0) is 0 Å². The summed E-state index contributed by atoms with van der Waals surface area (Å²) in [6.07, 6.45) is 14.5. The predicted molar refractivity (Wildman–Crippen MR) is 88.7 cm³/mol. The highest BCUT2D eigenvalue weighted by atomic mass is 14.5. The standard InChI is InChI=1S/C21H30/c1-3-5-15-7-9-17-16(14-15)8-10-19-18(17)11-13-21(2)12-4-6-20(19)21/h15-16,19-20H,4,6-14H2,1-2H3/t15?,16?,19-,20+,21+/m1/s1. The Hall–Kier alpha value is -0.700. The normalized spacial score (nSPS) is 45.2. The number of hydrogen-bond acceptors (Lipinski definition) is 0. The highest BCUT2D eigenvalue weighted by Gasteiger charge is 2.49. The molecular formula is C21H30. The minimum absolute atomic E-state index is 0.696. The Morgan fingerprint density at radius 3 is 2.76 bits per heavy atom. The topological polar surface area (TPSA) is 0 Å². The van der Waals surface area contributed by atoms with Crippen molar-refractivity contribution in [1.82, 2.24) is 0 Å². The fourth-order valence-electron chi connectivity index (χ4n) is 6.45. The van der Waals surface area contributed by atoms with Crippen molar-refractivity contribution in [2.24, 2.45) is 29.1 Å². The molecule has 5 atom stereocenters. The summed E-state index contributed by atoms with van der Waals surface area (Å²) in [6.45, 7) is 4.61. The SMILES string of the molecule is CC#CC1CCC2=C3CC[C@]4(C)CCC[C@H]4[C@@H]3CCC2C1. The maximum absolute atomic E-state index is 3.46. The highest BCUT2D eigenvalue weighted by molar-refractivity contribution is 5.29. The van der Waals surface area contributed by atoms with E-state index in [9.17, 15) is 0 Å². The summed E-state index contributed by atoms with van der Waals surface area (Å²) < 4.78 is 0. The molecular weight excluding hydrogens is 252 g/mol. The van der Waals surface area contributed by atoms with Crippen molar-refractivity contribution in [1.29, 1.82) is 0 Å². The van der Waals surface area contributed by atoms with E-state index in [-0.39, 0.29) is 0 Å². The van der Waals surface area contributed by atoms with Crippen molar-refractivity contribution in [3.8, 4) is 11.8 Å². The third-order valence-corrected chi connectivity index (χ3v) is 7.47. The van der Waals surface area contributed by atoms with E-state index in [1.165, 1.54) is 64.2 Å². The Bertz CT molecular complexity index is 514. The summed E-state index contributed by atoms with van der Waals surface area (Å²) in [6, 6.07) is 0. The minimum Gasteiger partial charge on any atom is -0.106 e. The van der Waals surface area contributed by atoms with E-state index >= 15 is 0 Å². The van der Waals surface area contributed by atoms with Crippen molar-refractivity contribution in [3.63, 3.8) is 0 Å². The zero-order valence-electron chi connectivity index (χ0n) is 13.9. The molecule has 21 heavy (non-hydrogen) atoms. The Labute approximate surface area is 130 Å². The van der Waals surface area contributed by atoms with Gasteiger partial charge < -0.3 is 0 Å². The summed E-state index contributed by atoms with van der Waals surface area (Å²) in [4.78, 5) is 0. The third kappa shape index (κ3) is 2.19. The van der Waals surface area contributed by atoms with Crippen LogP contribution < -0.4 is 0 Å². The number of rotatable bonds is 0. The van der Waals surface area contributed by atoms with Gasteiger partial charge in [-0.05, 0) is 87.9 Å². The van der Waals surface area contributed by atoms with E-state index in [1.807, 2.05) is 18.1 Å². The average Bonchev–Trinajstić information content (AvgIpc) is 2.89. The molecule has 0 heterocycles. The van der Waals surface area contributed by atoms with Crippen molar-refractivity contribution in [3.05, 3.63) is 11.1 Å². The molecule has 0 saturated heterocycles. The van der Waals surface area contributed by atoms with E-state index in [4.69, 9.17) is 0 Å². The van der Waals surface area contributed by atoms with Crippen molar-refractivity contribution < 1.29 is 0 Å². The van der Waals surface area contributed by atoms with E-state index < -0.39 is 0 Å². The molecule has 0 nitrogen and oxygen atoms in total. The van der Waals surface area contributed by atoms with Crippen LogP contribution in [0, 0.1) is 40.9 Å². The molecule has 0 aromatic rings. The zero-order valence-corrected chi connectivity index (χ0v) is 13.9. The van der Waals surface area contributed by atoms with E-state index in [0.29, 0.717) is 11.3 Å². The first-order valence-electron chi connectivity index (χ1n) is 9.35. The second-order valence-corrected chi connectivity index (χ2v) is 8.45. The lowest BCUT2D eigenvalue weighted by atomic mass is 9.56. The van der Waals surface area contributed by atoms with E-state index in [2.05, 4.69) is 18.8 Å². The van der Waals surface area contributed by atoms with Gasteiger partial charge in [0.25, 0.3) is 0 Å². The molecule has 0 radical (unpaired) electrons. The Kier molecular flexibility index (Phi) is 3.44. The molecule has 0 aromatic heterocycles. The van der Waals surface area contributed by atoms with Gasteiger partial charge in [0, 0.05) is 5.92 Å². The first-order chi connectivity index (χ1) is 10.2. The highest BCUT2D eigenvalue weighted by Crippen LogP contribution is 2.60. The minimum atomic E-state index is 0.696. The maximum atomic E-state index is 3.46. The molecule has 0 N–H and O–H groups in total. The fraction of sp³-hybridized carbons (Fsp3) is 0.810. The monoisotopic (exact) mass is 282 g/mol. The summed E-state index contributed by atoms with van der Waals surface area (Å²) in [5.41, 5.74) is 4.58. The van der Waals surface area contributed by atoms with Crippen LogP contribution in [0.2, 0.25) is 0 Å². The van der Waals surface area contributed by atoms with Crippen LogP contribution in [0.15, 0.2) is 11.1 Å². The molecule has 2 unspecified atom stereocenters. The first kappa shape index (κ1) is 13.9. The lowest BCUT2D eigenvalue weighted by Crippen LogP contribution is -2.38. The molecule has 4 aliphatic rings. The smallest absolute Gasteiger partial charge is 0.0211 e. The summed E-state index contributed by atoms with van der Waals surface area (Å²) >= 11 is 0. The van der Waals surface area contributed by atoms with Gasteiger partial charge in [-0.25, -0.2) is 0 Å².